The molecule has 1 aromatic carbocycles. The van der Waals surface area contributed by atoms with E-state index >= 15 is 0 Å². The summed E-state index contributed by atoms with van der Waals surface area (Å²) in [6.07, 6.45) is 0.280. The lowest BCUT2D eigenvalue weighted by Crippen LogP contribution is -2.29. The number of hydrogen-bond acceptors (Lipinski definition) is 4. The van der Waals surface area contributed by atoms with E-state index in [4.69, 9.17) is 11.6 Å². The summed E-state index contributed by atoms with van der Waals surface area (Å²) in [6.45, 7) is 9.98. The number of sulfonamides is 1. The Labute approximate surface area is 155 Å². The molecule has 0 fully saturated rings. The Morgan fingerprint density at radius 2 is 1.96 bits per heavy atom. The van der Waals surface area contributed by atoms with Crippen molar-refractivity contribution in [3.05, 3.63) is 35.4 Å². The third-order valence-corrected chi connectivity index (χ3v) is 5.73. The number of carbonyl (C=O) groups is 1. The van der Waals surface area contributed by atoms with Crippen molar-refractivity contribution in [3.63, 3.8) is 0 Å². The van der Waals surface area contributed by atoms with Gasteiger partial charge in [-0.15, -0.1) is 0 Å². The normalized spacial score (nSPS) is 11.8. The summed E-state index contributed by atoms with van der Waals surface area (Å²) in [5.74, 6) is -0.221. The highest BCUT2D eigenvalue weighted by atomic mass is 35.5. The first-order valence-corrected chi connectivity index (χ1v) is 9.78. The Kier molecular flexibility index (Phi) is 8.08. The zero-order chi connectivity index (χ0) is 19.2. The van der Waals surface area contributed by atoms with Crippen molar-refractivity contribution in [3.8, 4) is 0 Å². The van der Waals surface area contributed by atoms with Crippen molar-refractivity contribution in [1.29, 1.82) is 0 Å². The van der Waals surface area contributed by atoms with Gasteiger partial charge in [-0.25, -0.2) is 12.7 Å². The van der Waals surface area contributed by atoms with Crippen LogP contribution >= 0.6 is 11.6 Å². The predicted octanol–water partition coefficient (Wildman–Crippen LogP) is 2.82. The van der Waals surface area contributed by atoms with Gasteiger partial charge in [-0.1, -0.05) is 30.7 Å². The molecule has 0 radical (unpaired) electrons. The van der Waals surface area contributed by atoms with Crippen LogP contribution in [0.4, 0.5) is 5.69 Å². The molecule has 0 aliphatic heterocycles. The van der Waals surface area contributed by atoms with Gasteiger partial charge in [-0.2, -0.15) is 0 Å². The summed E-state index contributed by atoms with van der Waals surface area (Å²) < 4.78 is 25.5. The molecule has 0 heterocycles. The Morgan fingerprint density at radius 1 is 1.32 bits per heavy atom. The molecule has 0 unspecified atom stereocenters. The first kappa shape index (κ1) is 21.6. The average molecular weight is 388 g/mol. The van der Waals surface area contributed by atoms with Gasteiger partial charge < -0.3 is 5.32 Å². The maximum absolute atomic E-state index is 12.2. The molecular formula is C17H26ClN3O3S. The Balaban J connectivity index is 2.82. The highest BCUT2D eigenvalue weighted by Gasteiger charge is 2.19. The van der Waals surface area contributed by atoms with Crippen LogP contribution in [0.5, 0.6) is 0 Å². The molecule has 1 rings (SSSR count). The number of hydrogen-bond donors (Lipinski definition) is 1. The van der Waals surface area contributed by atoms with E-state index in [2.05, 4.69) is 16.8 Å². The van der Waals surface area contributed by atoms with Crippen molar-refractivity contribution in [2.45, 2.75) is 25.2 Å². The second-order valence-corrected chi connectivity index (χ2v) is 8.61. The molecule has 1 aromatic rings. The zero-order valence-corrected chi connectivity index (χ0v) is 16.7. The van der Waals surface area contributed by atoms with E-state index < -0.39 is 10.0 Å². The van der Waals surface area contributed by atoms with Crippen LogP contribution in [0.25, 0.3) is 0 Å². The summed E-state index contributed by atoms with van der Waals surface area (Å²) in [5.41, 5.74) is 1.32. The molecule has 0 atom stereocenters. The molecule has 8 heteroatoms. The van der Waals surface area contributed by atoms with Gasteiger partial charge in [0.1, 0.15) is 0 Å². The third-order valence-electron chi connectivity index (χ3n) is 3.59. The van der Waals surface area contributed by atoms with Crippen molar-refractivity contribution in [2.24, 2.45) is 0 Å². The molecule has 0 aliphatic carbocycles. The van der Waals surface area contributed by atoms with Gasteiger partial charge in [-0.05, 0) is 31.7 Å². The molecule has 1 amide bonds. The number of nitrogens with one attached hydrogen (secondary N) is 1. The molecule has 6 nitrogen and oxygen atoms in total. The monoisotopic (exact) mass is 387 g/mol. The molecule has 0 spiro atoms. The number of rotatable bonds is 9. The van der Waals surface area contributed by atoms with Crippen molar-refractivity contribution in [1.82, 2.24) is 9.21 Å². The van der Waals surface area contributed by atoms with Gasteiger partial charge >= 0.3 is 0 Å². The van der Waals surface area contributed by atoms with Crippen LogP contribution in [-0.4, -0.2) is 57.3 Å². The highest BCUT2D eigenvalue weighted by molar-refractivity contribution is 7.89. The fourth-order valence-corrected chi connectivity index (χ4v) is 3.27. The van der Waals surface area contributed by atoms with E-state index in [1.807, 2.05) is 13.8 Å². The van der Waals surface area contributed by atoms with E-state index in [1.165, 1.54) is 32.3 Å². The van der Waals surface area contributed by atoms with Crippen LogP contribution in [0.1, 0.15) is 20.3 Å². The fourth-order valence-electron chi connectivity index (χ4n) is 2.17. The van der Waals surface area contributed by atoms with Gasteiger partial charge in [0.2, 0.25) is 15.9 Å². The van der Waals surface area contributed by atoms with E-state index in [0.29, 0.717) is 11.6 Å². The highest BCUT2D eigenvalue weighted by Crippen LogP contribution is 2.26. The minimum Gasteiger partial charge on any atom is -0.325 e. The summed E-state index contributed by atoms with van der Waals surface area (Å²) in [7, 11) is -0.695. The van der Waals surface area contributed by atoms with E-state index in [-0.39, 0.29) is 22.9 Å². The number of likely N-dealkylation sites (N-methyl/N-ethyl adjacent to an activating group) is 1. The first-order valence-electron chi connectivity index (χ1n) is 7.96. The maximum Gasteiger partial charge on any atom is 0.242 e. The fraction of sp³-hybridized carbons (Fsp3) is 0.471. The summed E-state index contributed by atoms with van der Waals surface area (Å²) in [5, 5.41) is 2.98. The van der Waals surface area contributed by atoms with Gasteiger partial charge in [0, 0.05) is 33.6 Å². The number of halogens is 1. The van der Waals surface area contributed by atoms with Gasteiger partial charge in [0.15, 0.2) is 0 Å². The Hall–Kier alpha value is -1.41. The summed E-state index contributed by atoms with van der Waals surface area (Å²) >= 11 is 6.08. The molecular weight excluding hydrogens is 362 g/mol. The number of anilines is 1. The van der Waals surface area contributed by atoms with Crippen molar-refractivity contribution < 1.29 is 13.2 Å². The van der Waals surface area contributed by atoms with Crippen LogP contribution < -0.4 is 5.32 Å². The number of carbonyl (C=O) groups excluding carboxylic acids is 1. The Morgan fingerprint density at radius 3 is 2.48 bits per heavy atom. The van der Waals surface area contributed by atoms with E-state index in [0.717, 1.165) is 23.0 Å². The summed E-state index contributed by atoms with van der Waals surface area (Å²) in [6, 6.07) is 4.26. The number of amides is 1. The molecule has 25 heavy (non-hydrogen) atoms. The largest absolute Gasteiger partial charge is 0.325 e. The second kappa shape index (κ2) is 9.33. The Bertz CT molecular complexity index is 733. The maximum atomic E-state index is 12.2. The van der Waals surface area contributed by atoms with Crippen LogP contribution in [0.3, 0.4) is 0 Å². The van der Waals surface area contributed by atoms with E-state index in [1.54, 1.807) is 0 Å². The van der Waals surface area contributed by atoms with Crippen molar-refractivity contribution >= 4 is 33.2 Å². The molecule has 0 aromatic heterocycles. The van der Waals surface area contributed by atoms with Crippen LogP contribution in [0.15, 0.2) is 35.2 Å². The van der Waals surface area contributed by atoms with Gasteiger partial charge in [0.25, 0.3) is 0 Å². The first-order chi connectivity index (χ1) is 11.6. The second-order valence-electron chi connectivity index (χ2n) is 6.05. The molecule has 0 aliphatic rings. The van der Waals surface area contributed by atoms with Gasteiger partial charge in [0.05, 0.1) is 15.6 Å². The molecule has 0 saturated carbocycles. The topological polar surface area (TPSA) is 69.7 Å². The van der Waals surface area contributed by atoms with Crippen LogP contribution in [0, 0.1) is 0 Å². The standard InChI is InChI=1S/C17H26ClN3O3S/c1-6-21(12-13(2)3)10-9-17(22)19-16-11-14(7-8-15(16)18)25(23,24)20(4)5/h7-8,11H,2,6,9-10,12H2,1,3-5H3,(H,19,22). The molecule has 0 bridgehead atoms. The lowest BCUT2D eigenvalue weighted by atomic mass is 10.2. The van der Waals surface area contributed by atoms with E-state index in [9.17, 15) is 13.2 Å². The van der Waals surface area contributed by atoms with Crippen LogP contribution in [-0.2, 0) is 14.8 Å². The molecule has 140 valence electrons. The quantitative estimate of drug-likeness (QED) is 0.661. The molecule has 1 N–H and O–H groups in total. The zero-order valence-electron chi connectivity index (χ0n) is 15.2. The van der Waals surface area contributed by atoms with Crippen molar-refractivity contribution in [2.75, 3.05) is 39.0 Å². The average Bonchev–Trinajstić information content (AvgIpc) is 2.52. The van der Waals surface area contributed by atoms with Crippen LogP contribution in [0.2, 0.25) is 5.02 Å². The number of benzene rings is 1. The lowest BCUT2D eigenvalue weighted by molar-refractivity contribution is -0.116. The predicted molar refractivity (Wildman–Crippen MR) is 102 cm³/mol. The minimum atomic E-state index is -3.59. The molecule has 0 saturated heterocycles. The lowest BCUT2D eigenvalue weighted by Gasteiger charge is -2.20. The van der Waals surface area contributed by atoms with Gasteiger partial charge in [-0.3, -0.25) is 9.69 Å². The summed E-state index contributed by atoms with van der Waals surface area (Å²) in [4.78, 5) is 14.4. The minimum absolute atomic E-state index is 0.0784. The smallest absolute Gasteiger partial charge is 0.242 e. The third kappa shape index (κ3) is 6.43. The SMILES string of the molecule is C=C(C)CN(CC)CCC(=O)Nc1cc(S(=O)(=O)N(C)C)ccc1Cl. The number of nitrogens with zero attached hydrogens (tertiary/aromatic N) is 2.